The van der Waals surface area contributed by atoms with Crippen LogP contribution >= 0.6 is 0 Å². The lowest BCUT2D eigenvalue weighted by molar-refractivity contribution is 0.0474. The number of sulfonamides is 1. The van der Waals surface area contributed by atoms with Gasteiger partial charge in [0, 0.05) is 37.6 Å². The van der Waals surface area contributed by atoms with Crippen LogP contribution in [0.5, 0.6) is 0 Å². The quantitative estimate of drug-likeness (QED) is 0.354. The van der Waals surface area contributed by atoms with E-state index in [0.29, 0.717) is 5.56 Å². The van der Waals surface area contributed by atoms with Crippen LogP contribution in [0.3, 0.4) is 0 Å². The van der Waals surface area contributed by atoms with E-state index in [1.165, 1.54) is 43.9 Å². The lowest BCUT2D eigenvalue weighted by Crippen LogP contribution is -2.22. The maximum atomic E-state index is 12.7. The van der Waals surface area contributed by atoms with Crippen LogP contribution in [0, 0.1) is 13.8 Å². The van der Waals surface area contributed by atoms with Gasteiger partial charge < -0.3 is 9.30 Å². The summed E-state index contributed by atoms with van der Waals surface area (Å²) in [7, 11) is -0.721. The Morgan fingerprint density at radius 1 is 0.970 bits per heavy atom. The van der Waals surface area contributed by atoms with E-state index in [9.17, 15) is 18.0 Å². The molecular formula is C25H28N2O5S. The fraction of sp³-hybridized carbons (Fsp3) is 0.280. The van der Waals surface area contributed by atoms with Gasteiger partial charge in [-0.25, -0.2) is 17.5 Å². The highest BCUT2D eigenvalue weighted by Crippen LogP contribution is 2.18. The molecule has 0 N–H and O–H groups in total. The number of carbonyl (C=O) groups excluding carboxylic acids is 2. The van der Waals surface area contributed by atoms with Gasteiger partial charge in [0.05, 0.1) is 10.5 Å². The molecule has 0 amide bonds. The molecule has 0 spiro atoms. The lowest BCUT2D eigenvalue weighted by Gasteiger charge is -2.11. The zero-order valence-corrected chi connectivity index (χ0v) is 20.1. The third-order valence-corrected chi connectivity index (χ3v) is 7.37. The molecule has 1 aromatic heterocycles. The first-order chi connectivity index (χ1) is 15.6. The van der Waals surface area contributed by atoms with Crippen molar-refractivity contribution >= 4 is 21.8 Å². The fourth-order valence-corrected chi connectivity index (χ4v) is 4.48. The number of nitrogens with zero attached hydrogens (tertiary/aromatic N) is 2. The molecule has 0 aliphatic rings. The Balaban J connectivity index is 1.63. The summed E-state index contributed by atoms with van der Waals surface area (Å²) in [5, 5.41) is 0. The molecule has 174 valence electrons. The SMILES string of the molecule is Cc1cc(C(=O)COC(=O)c2ccc(S(=O)(=O)N(C)C)cc2)c(C)n1CCc1ccccc1. The highest BCUT2D eigenvalue weighted by molar-refractivity contribution is 7.89. The lowest BCUT2D eigenvalue weighted by atomic mass is 10.1. The summed E-state index contributed by atoms with van der Waals surface area (Å²) >= 11 is 0. The van der Waals surface area contributed by atoms with Gasteiger partial charge in [0.1, 0.15) is 0 Å². The number of Topliss-reactive ketones (excluding diaryl/α,β-unsaturated/α-hetero) is 1. The van der Waals surface area contributed by atoms with Gasteiger partial charge in [0.15, 0.2) is 6.61 Å². The summed E-state index contributed by atoms with van der Waals surface area (Å²) in [5.74, 6) is -0.968. The third kappa shape index (κ3) is 5.58. The van der Waals surface area contributed by atoms with Gasteiger partial charge >= 0.3 is 5.97 Å². The van der Waals surface area contributed by atoms with Crippen molar-refractivity contribution in [1.29, 1.82) is 0 Å². The summed E-state index contributed by atoms with van der Waals surface area (Å²) < 4.78 is 32.6. The predicted octanol–water partition coefficient (Wildman–Crippen LogP) is 3.64. The first-order valence-electron chi connectivity index (χ1n) is 10.5. The van der Waals surface area contributed by atoms with Gasteiger partial charge in [-0.15, -0.1) is 0 Å². The number of carbonyl (C=O) groups is 2. The molecule has 33 heavy (non-hydrogen) atoms. The maximum absolute atomic E-state index is 12.7. The molecule has 0 fully saturated rings. The molecule has 0 aliphatic carbocycles. The van der Waals surface area contributed by atoms with Crippen molar-refractivity contribution in [3.8, 4) is 0 Å². The third-order valence-electron chi connectivity index (χ3n) is 5.54. The molecular weight excluding hydrogens is 440 g/mol. The van der Waals surface area contributed by atoms with Crippen molar-refractivity contribution < 1.29 is 22.7 Å². The van der Waals surface area contributed by atoms with E-state index in [4.69, 9.17) is 4.74 Å². The number of ketones is 1. The zero-order valence-electron chi connectivity index (χ0n) is 19.2. The monoisotopic (exact) mass is 468 g/mol. The average molecular weight is 469 g/mol. The van der Waals surface area contributed by atoms with Crippen molar-refractivity contribution in [1.82, 2.24) is 8.87 Å². The van der Waals surface area contributed by atoms with Crippen molar-refractivity contribution in [2.45, 2.75) is 31.7 Å². The van der Waals surface area contributed by atoms with E-state index >= 15 is 0 Å². The smallest absolute Gasteiger partial charge is 0.338 e. The number of esters is 1. The van der Waals surface area contributed by atoms with Crippen LogP contribution in [0.2, 0.25) is 0 Å². The standard InChI is InChI=1S/C25H28N2O5S/c1-18-16-23(19(2)27(18)15-14-20-8-6-5-7-9-20)24(28)17-32-25(29)21-10-12-22(13-11-21)33(30,31)26(3)4/h5-13,16H,14-15,17H2,1-4H3. The first-order valence-corrected chi connectivity index (χ1v) is 12.0. The second-order valence-electron chi connectivity index (χ2n) is 7.98. The van der Waals surface area contributed by atoms with Crippen LogP contribution in [-0.4, -0.2) is 49.7 Å². The van der Waals surface area contributed by atoms with Crippen molar-refractivity contribution in [2.75, 3.05) is 20.7 Å². The van der Waals surface area contributed by atoms with E-state index in [0.717, 1.165) is 28.7 Å². The van der Waals surface area contributed by atoms with Gasteiger partial charge in [0.2, 0.25) is 15.8 Å². The Kier molecular flexibility index (Phi) is 7.50. The van der Waals surface area contributed by atoms with Crippen LogP contribution in [-0.2, 0) is 27.7 Å². The van der Waals surface area contributed by atoms with Gasteiger partial charge in [-0.2, -0.15) is 0 Å². The van der Waals surface area contributed by atoms with Crippen molar-refractivity contribution in [2.24, 2.45) is 0 Å². The summed E-state index contributed by atoms with van der Waals surface area (Å²) in [6.07, 6.45) is 0.847. The Morgan fingerprint density at radius 3 is 2.21 bits per heavy atom. The first kappa shape index (κ1) is 24.4. The Hall–Kier alpha value is -3.23. The minimum atomic E-state index is -3.59. The zero-order chi connectivity index (χ0) is 24.2. The van der Waals surface area contributed by atoms with E-state index in [-0.39, 0.29) is 22.8 Å². The van der Waals surface area contributed by atoms with E-state index in [1.54, 1.807) is 0 Å². The number of ether oxygens (including phenoxy) is 1. The summed E-state index contributed by atoms with van der Waals surface area (Å²) in [6.45, 7) is 4.19. The molecule has 2 aromatic carbocycles. The van der Waals surface area contributed by atoms with E-state index in [1.807, 2.05) is 38.1 Å². The van der Waals surface area contributed by atoms with Crippen LogP contribution in [0.15, 0.2) is 65.6 Å². The Bertz CT molecular complexity index is 1240. The number of hydrogen-bond donors (Lipinski definition) is 0. The highest BCUT2D eigenvalue weighted by Gasteiger charge is 2.20. The average Bonchev–Trinajstić information content (AvgIpc) is 3.09. The molecule has 0 unspecified atom stereocenters. The molecule has 7 nitrogen and oxygen atoms in total. The molecule has 0 radical (unpaired) electrons. The Labute approximate surface area is 194 Å². The molecule has 0 atom stereocenters. The number of aryl methyl sites for hydroxylation is 2. The number of hydrogen-bond acceptors (Lipinski definition) is 5. The fourth-order valence-electron chi connectivity index (χ4n) is 3.58. The molecule has 0 saturated carbocycles. The number of benzene rings is 2. The molecule has 0 saturated heterocycles. The molecule has 0 aliphatic heterocycles. The molecule has 1 heterocycles. The highest BCUT2D eigenvalue weighted by atomic mass is 32.2. The summed E-state index contributed by atoms with van der Waals surface area (Å²) in [6, 6.07) is 17.4. The largest absolute Gasteiger partial charge is 0.454 e. The minimum Gasteiger partial charge on any atom is -0.454 e. The van der Waals surface area contributed by atoms with Crippen LogP contribution in [0.4, 0.5) is 0 Å². The Morgan fingerprint density at radius 2 is 1.61 bits per heavy atom. The summed E-state index contributed by atoms with van der Waals surface area (Å²) in [5.41, 5.74) is 3.73. The van der Waals surface area contributed by atoms with Crippen LogP contribution in [0.25, 0.3) is 0 Å². The minimum absolute atomic E-state index is 0.0723. The molecule has 8 heteroatoms. The van der Waals surface area contributed by atoms with Gasteiger partial charge in [-0.05, 0) is 56.2 Å². The van der Waals surface area contributed by atoms with E-state index < -0.39 is 16.0 Å². The second-order valence-corrected chi connectivity index (χ2v) is 10.1. The van der Waals surface area contributed by atoms with Gasteiger partial charge in [-0.1, -0.05) is 30.3 Å². The normalized spacial score (nSPS) is 11.5. The van der Waals surface area contributed by atoms with Crippen molar-refractivity contribution in [3.63, 3.8) is 0 Å². The van der Waals surface area contributed by atoms with Crippen LogP contribution in [0.1, 0.15) is 37.7 Å². The summed E-state index contributed by atoms with van der Waals surface area (Å²) in [4.78, 5) is 25.2. The van der Waals surface area contributed by atoms with Gasteiger partial charge in [-0.3, -0.25) is 4.79 Å². The number of rotatable bonds is 9. The molecule has 3 rings (SSSR count). The van der Waals surface area contributed by atoms with E-state index in [2.05, 4.69) is 16.7 Å². The second kappa shape index (κ2) is 10.1. The van der Waals surface area contributed by atoms with Gasteiger partial charge in [0.25, 0.3) is 0 Å². The molecule has 0 bridgehead atoms. The molecule has 3 aromatic rings. The predicted molar refractivity (Wildman–Crippen MR) is 126 cm³/mol. The number of aromatic nitrogens is 1. The maximum Gasteiger partial charge on any atom is 0.338 e. The van der Waals surface area contributed by atoms with Crippen LogP contribution < -0.4 is 0 Å². The topological polar surface area (TPSA) is 85.7 Å². The van der Waals surface area contributed by atoms with Crippen molar-refractivity contribution in [3.05, 3.63) is 88.7 Å².